The Morgan fingerprint density at radius 3 is 2.88 bits per heavy atom. The molecule has 1 fully saturated rings. The van der Waals surface area contributed by atoms with E-state index < -0.39 is 9.84 Å². The van der Waals surface area contributed by atoms with E-state index in [1.54, 1.807) is 6.20 Å². The molecular weight excluding hydrogens is 228 g/mol. The van der Waals surface area contributed by atoms with Gasteiger partial charge < -0.3 is 9.73 Å². The lowest BCUT2D eigenvalue weighted by Gasteiger charge is -2.20. The van der Waals surface area contributed by atoms with Gasteiger partial charge in [-0.25, -0.2) is 13.4 Å². The molecule has 1 unspecified atom stereocenters. The van der Waals surface area contributed by atoms with E-state index in [9.17, 15) is 8.42 Å². The van der Waals surface area contributed by atoms with Crippen LogP contribution in [-0.4, -0.2) is 31.5 Å². The van der Waals surface area contributed by atoms with Gasteiger partial charge in [0.25, 0.3) is 0 Å². The van der Waals surface area contributed by atoms with Gasteiger partial charge >= 0.3 is 0 Å². The zero-order chi connectivity index (χ0) is 11.8. The van der Waals surface area contributed by atoms with Crippen molar-refractivity contribution in [3.8, 4) is 0 Å². The van der Waals surface area contributed by atoms with Crippen LogP contribution in [0.3, 0.4) is 0 Å². The van der Waals surface area contributed by atoms with E-state index in [0.717, 1.165) is 5.76 Å². The van der Waals surface area contributed by atoms with Crippen LogP contribution < -0.4 is 5.32 Å². The molecule has 1 aliphatic heterocycles. The fourth-order valence-corrected chi connectivity index (χ4v) is 3.04. The number of nitrogens with one attached hydrogen (secondary N) is 1. The Balaban J connectivity index is 2.17. The monoisotopic (exact) mass is 244 g/mol. The van der Waals surface area contributed by atoms with E-state index >= 15 is 0 Å². The SMILES string of the molecule is CC(C)c1cnc(C2CS(=O)(=O)CCN2)o1. The van der Waals surface area contributed by atoms with Crippen molar-refractivity contribution in [3.63, 3.8) is 0 Å². The highest BCUT2D eigenvalue weighted by atomic mass is 32.2. The average molecular weight is 244 g/mol. The Bertz CT molecular complexity index is 464. The highest BCUT2D eigenvalue weighted by molar-refractivity contribution is 7.91. The molecule has 1 aliphatic rings. The smallest absolute Gasteiger partial charge is 0.212 e. The molecule has 0 bridgehead atoms. The van der Waals surface area contributed by atoms with Gasteiger partial charge in [-0.15, -0.1) is 0 Å². The molecule has 5 nitrogen and oxygen atoms in total. The molecule has 0 spiro atoms. The Morgan fingerprint density at radius 2 is 2.31 bits per heavy atom. The minimum absolute atomic E-state index is 0.0745. The first-order valence-electron chi connectivity index (χ1n) is 5.37. The van der Waals surface area contributed by atoms with Crippen LogP contribution in [0.15, 0.2) is 10.6 Å². The van der Waals surface area contributed by atoms with Crippen molar-refractivity contribution in [2.75, 3.05) is 18.1 Å². The first-order valence-corrected chi connectivity index (χ1v) is 7.19. The van der Waals surface area contributed by atoms with Crippen molar-refractivity contribution in [3.05, 3.63) is 17.8 Å². The number of aromatic nitrogens is 1. The van der Waals surface area contributed by atoms with E-state index in [-0.39, 0.29) is 23.5 Å². The highest BCUT2D eigenvalue weighted by Crippen LogP contribution is 2.22. The van der Waals surface area contributed by atoms with Gasteiger partial charge in [0.1, 0.15) is 5.76 Å². The first kappa shape index (κ1) is 11.6. The number of oxazole rings is 1. The summed E-state index contributed by atoms with van der Waals surface area (Å²) in [6, 6.07) is -0.300. The number of nitrogens with zero attached hydrogens (tertiary/aromatic N) is 1. The molecule has 0 aromatic carbocycles. The van der Waals surface area contributed by atoms with Crippen molar-refractivity contribution < 1.29 is 12.8 Å². The molecule has 1 N–H and O–H groups in total. The summed E-state index contributed by atoms with van der Waals surface area (Å²) in [5.41, 5.74) is 0. The maximum Gasteiger partial charge on any atom is 0.212 e. The average Bonchev–Trinajstić information content (AvgIpc) is 2.64. The molecule has 6 heteroatoms. The summed E-state index contributed by atoms with van der Waals surface area (Å²) in [4.78, 5) is 4.13. The van der Waals surface area contributed by atoms with Crippen molar-refractivity contribution in [2.45, 2.75) is 25.8 Å². The standard InChI is InChI=1S/C10H16N2O3S/c1-7(2)9-5-12-10(15-9)8-6-16(13,14)4-3-11-8/h5,7-8,11H,3-4,6H2,1-2H3. The topological polar surface area (TPSA) is 72.2 Å². The van der Waals surface area contributed by atoms with Crippen molar-refractivity contribution >= 4 is 9.84 Å². The molecule has 0 saturated carbocycles. The minimum atomic E-state index is -2.95. The van der Waals surface area contributed by atoms with Crippen LogP contribution in [0.2, 0.25) is 0 Å². The Labute approximate surface area is 95.2 Å². The summed E-state index contributed by atoms with van der Waals surface area (Å²) >= 11 is 0. The second-order valence-electron chi connectivity index (χ2n) is 4.38. The largest absolute Gasteiger partial charge is 0.444 e. The zero-order valence-electron chi connectivity index (χ0n) is 9.43. The van der Waals surface area contributed by atoms with E-state index in [2.05, 4.69) is 10.3 Å². The van der Waals surface area contributed by atoms with Gasteiger partial charge in [-0.1, -0.05) is 13.8 Å². The number of hydrogen-bond donors (Lipinski definition) is 1. The molecule has 90 valence electrons. The van der Waals surface area contributed by atoms with Crippen LogP contribution in [0.25, 0.3) is 0 Å². The molecule has 1 saturated heterocycles. The van der Waals surface area contributed by atoms with Crippen molar-refractivity contribution in [1.29, 1.82) is 0 Å². The van der Waals surface area contributed by atoms with Crippen LogP contribution in [0.4, 0.5) is 0 Å². The lowest BCUT2D eigenvalue weighted by molar-refractivity contribution is 0.384. The Hall–Kier alpha value is -0.880. The molecule has 0 radical (unpaired) electrons. The van der Waals surface area contributed by atoms with E-state index in [1.807, 2.05) is 13.8 Å². The van der Waals surface area contributed by atoms with Crippen molar-refractivity contribution in [1.82, 2.24) is 10.3 Å². The van der Waals surface area contributed by atoms with Crippen LogP contribution in [0.5, 0.6) is 0 Å². The maximum atomic E-state index is 11.5. The highest BCUT2D eigenvalue weighted by Gasteiger charge is 2.28. The number of hydrogen-bond acceptors (Lipinski definition) is 5. The summed E-state index contributed by atoms with van der Waals surface area (Å²) in [5.74, 6) is 1.81. The van der Waals surface area contributed by atoms with Crippen molar-refractivity contribution in [2.24, 2.45) is 0 Å². The lowest BCUT2D eigenvalue weighted by atomic mass is 10.2. The van der Waals surface area contributed by atoms with Crippen LogP contribution >= 0.6 is 0 Å². The quantitative estimate of drug-likeness (QED) is 0.835. The van der Waals surface area contributed by atoms with Gasteiger partial charge in [-0.3, -0.25) is 0 Å². The first-order chi connectivity index (χ1) is 7.48. The molecular formula is C10H16N2O3S. The molecule has 1 atom stereocenters. The Kier molecular flexibility index (Phi) is 3.03. The van der Waals surface area contributed by atoms with E-state index in [1.165, 1.54) is 0 Å². The van der Waals surface area contributed by atoms with Gasteiger partial charge in [0.15, 0.2) is 9.84 Å². The molecule has 0 amide bonds. The second kappa shape index (κ2) is 4.18. The predicted octanol–water partition coefficient (Wildman–Crippen LogP) is 0.857. The van der Waals surface area contributed by atoms with Gasteiger partial charge in [-0.05, 0) is 0 Å². The fourth-order valence-electron chi connectivity index (χ4n) is 1.67. The zero-order valence-corrected chi connectivity index (χ0v) is 10.3. The molecule has 0 aliphatic carbocycles. The lowest BCUT2D eigenvalue weighted by Crippen LogP contribution is -2.39. The summed E-state index contributed by atoms with van der Waals surface area (Å²) in [7, 11) is -2.95. The van der Waals surface area contributed by atoms with E-state index in [4.69, 9.17) is 4.42 Å². The van der Waals surface area contributed by atoms with Crippen LogP contribution in [0.1, 0.15) is 37.5 Å². The van der Waals surface area contributed by atoms with Crippen LogP contribution in [0, 0.1) is 0 Å². The normalized spacial score (nSPS) is 24.8. The van der Waals surface area contributed by atoms with E-state index in [0.29, 0.717) is 12.4 Å². The third kappa shape index (κ3) is 2.44. The summed E-state index contributed by atoms with van der Waals surface area (Å²) in [6.07, 6.45) is 1.67. The third-order valence-corrected chi connectivity index (χ3v) is 4.30. The molecule has 2 heterocycles. The summed E-state index contributed by atoms with van der Waals surface area (Å²) < 4.78 is 28.5. The van der Waals surface area contributed by atoms with Crippen LogP contribution in [-0.2, 0) is 9.84 Å². The molecule has 1 aromatic heterocycles. The fraction of sp³-hybridized carbons (Fsp3) is 0.700. The number of rotatable bonds is 2. The van der Waals surface area contributed by atoms with Gasteiger partial charge in [0.05, 0.1) is 23.7 Å². The molecule has 16 heavy (non-hydrogen) atoms. The summed E-state index contributed by atoms with van der Waals surface area (Å²) in [5, 5.41) is 3.11. The van der Waals surface area contributed by atoms with Gasteiger partial charge in [-0.2, -0.15) is 0 Å². The third-order valence-electron chi connectivity index (χ3n) is 2.63. The number of sulfone groups is 1. The molecule has 2 rings (SSSR count). The Morgan fingerprint density at radius 1 is 1.56 bits per heavy atom. The predicted molar refractivity (Wildman–Crippen MR) is 60.0 cm³/mol. The minimum Gasteiger partial charge on any atom is -0.444 e. The van der Waals surface area contributed by atoms with Gasteiger partial charge in [0.2, 0.25) is 5.89 Å². The maximum absolute atomic E-state index is 11.5. The molecule has 1 aromatic rings. The van der Waals surface area contributed by atoms with Gasteiger partial charge in [0, 0.05) is 12.5 Å². The second-order valence-corrected chi connectivity index (χ2v) is 6.61. The summed E-state index contributed by atoms with van der Waals surface area (Å²) in [6.45, 7) is 4.48.